The summed E-state index contributed by atoms with van der Waals surface area (Å²) in [6.45, 7) is 4.65. The van der Waals surface area contributed by atoms with Crippen LogP contribution in [0.15, 0.2) is 85.1 Å². The fourth-order valence-corrected chi connectivity index (χ4v) is 6.33. The lowest BCUT2D eigenvalue weighted by Crippen LogP contribution is -2.40. The lowest BCUT2D eigenvalue weighted by molar-refractivity contribution is -0.870. The van der Waals surface area contributed by atoms with Crippen LogP contribution < -0.4 is 0 Å². The number of quaternary nitrogens is 1. The van der Waals surface area contributed by atoms with Crippen molar-refractivity contribution in [2.45, 2.75) is 193 Å². The van der Waals surface area contributed by atoms with Crippen LogP contribution in [0.4, 0.5) is 0 Å². The minimum Gasteiger partial charge on any atom is -0.477 e. The van der Waals surface area contributed by atoms with E-state index in [-0.39, 0.29) is 38.6 Å². The summed E-state index contributed by atoms with van der Waals surface area (Å²) in [6.07, 6.45) is 55.2. The Bertz CT molecular complexity index is 1300. The maximum atomic E-state index is 12.8. The fraction of sp³-hybridized carbons (Fsp3) is 0.685. The van der Waals surface area contributed by atoms with Crippen molar-refractivity contribution in [2.75, 3.05) is 47.5 Å². The fourth-order valence-electron chi connectivity index (χ4n) is 6.33. The van der Waals surface area contributed by atoms with Crippen molar-refractivity contribution >= 4 is 17.9 Å². The molecule has 0 aromatic heterocycles. The average Bonchev–Trinajstić information content (AvgIpc) is 3.24. The second-order valence-corrected chi connectivity index (χ2v) is 17.4. The number of hydrogen-bond donors (Lipinski definition) is 1. The standard InChI is InChI=1S/C54H91NO8/c1-6-8-10-12-14-16-18-20-22-24-26-28-30-32-34-36-38-40-42-44-51(56)61-48-50(49-62-54(53(58)59)60-47-46-55(3,4)5)63-52(57)45-43-41-39-37-35-33-31-29-27-25-23-21-19-17-15-13-11-9-7-2/h9,11,15,17,20-23,27,29,33,35,39,41,50,54H,6-8,10,12-14,16,18-19,24-26,28,30-32,34,36-38,40,42-49H2,1-5H3/p+1/b11-9-,17-15-,22-20-,23-21-,29-27-,35-33-,41-39-. The van der Waals surface area contributed by atoms with Crippen LogP contribution >= 0.6 is 0 Å². The molecule has 63 heavy (non-hydrogen) atoms. The van der Waals surface area contributed by atoms with Crippen LogP contribution in [-0.2, 0) is 33.3 Å². The molecule has 2 unspecified atom stereocenters. The molecule has 1 N–H and O–H groups in total. The normalized spacial score (nSPS) is 13.6. The topological polar surface area (TPSA) is 108 Å². The van der Waals surface area contributed by atoms with Gasteiger partial charge in [0.05, 0.1) is 34.4 Å². The average molecular weight is 883 g/mol. The number of hydrogen-bond acceptors (Lipinski definition) is 7. The van der Waals surface area contributed by atoms with Gasteiger partial charge >= 0.3 is 17.9 Å². The van der Waals surface area contributed by atoms with Crippen molar-refractivity contribution in [2.24, 2.45) is 0 Å². The molecule has 0 bridgehead atoms. The van der Waals surface area contributed by atoms with Crippen molar-refractivity contribution in [1.29, 1.82) is 0 Å². The summed E-state index contributed by atoms with van der Waals surface area (Å²) in [4.78, 5) is 37.2. The quantitative estimate of drug-likeness (QED) is 0.0212. The molecule has 0 saturated heterocycles. The molecule has 9 heteroatoms. The van der Waals surface area contributed by atoms with E-state index in [4.69, 9.17) is 18.9 Å². The minimum atomic E-state index is -1.53. The molecule has 2 atom stereocenters. The molecule has 0 spiro atoms. The van der Waals surface area contributed by atoms with Gasteiger partial charge in [-0.15, -0.1) is 0 Å². The van der Waals surface area contributed by atoms with Crippen molar-refractivity contribution in [1.82, 2.24) is 0 Å². The van der Waals surface area contributed by atoms with Crippen LogP contribution in [0.2, 0.25) is 0 Å². The number of carboxylic acids is 1. The van der Waals surface area contributed by atoms with E-state index in [1.165, 1.54) is 89.9 Å². The molecule has 0 amide bonds. The van der Waals surface area contributed by atoms with Crippen LogP contribution in [0.25, 0.3) is 0 Å². The molecule has 0 heterocycles. The highest BCUT2D eigenvalue weighted by molar-refractivity contribution is 5.71. The molecular weight excluding hydrogens is 791 g/mol. The second-order valence-electron chi connectivity index (χ2n) is 17.4. The number of ether oxygens (including phenoxy) is 4. The monoisotopic (exact) mass is 883 g/mol. The number of esters is 2. The zero-order chi connectivity index (χ0) is 46.3. The number of aliphatic carboxylic acids is 1. The number of carbonyl (C=O) groups is 3. The minimum absolute atomic E-state index is 0.131. The summed E-state index contributed by atoms with van der Waals surface area (Å²) in [5.41, 5.74) is 0. The predicted molar refractivity (Wildman–Crippen MR) is 262 cm³/mol. The SMILES string of the molecule is CC/C=C\C/C=C\C/C=C\C/C=C\C/C=C\C/C=C\CCC(=O)OC(COC(=O)CCCCCCCCCCC/C=C\CCCCCCCC)COC(OCC[N+](C)(C)C)C(=O)O. The van der Waals surface area contributed by atoms with Crippen LogP contribution in [0, 0.1) is 0 Å². The van der Waals surface area contributed by atoms with Crippen molar-refractivity contribution in [3.05, 3.63) is 85.1 Å². The first-order valence-corrected chi connectivity index (χ1v) is 24.8. The van der Waals surface area contributed by atoms with Crippen LogP contribution in [-0.4, -0.2) is 87.4 Å². The highest BCUT2D eigenvalue weighted by Crippen LogP contribution is 2.13. The number of nitrogens with zero attached hydrogens (tertiary/aromatic N) is 1. The maximum absolute atomic E-state index is 12.8. The van der Waals surface area contributed by atoms with Crippen molar-refractivity contribution in [3.8, 4) is 0 Å². The van der Waals surface area contributed by atoms with Gasteiger partial charge in [-0.05, 0) is 77.0 Å². The van der Waals surface area contributed by atoms with Crippen LogP contribution in [0.5, 0.6) is 0 Å². The number of carbonyl (C=O) groups excluding carboxylic acids is 2. The highest BCUT2D eigenvalue weighted by atomic mass is 16.7. The summed E-state index contributed by atoms with van der Waals surface area (Å²) < 4.78 is 22.7. The molecule has 0 radical (unpaired) electrons. The third-order valence-electron chi connectivity index (χ3n) is 10.1. The molecular formula is C54H92NO8+. The summed E-state index contributed by atoms with van der Waals surface area (Å²) in [5.74, 6) is -2.13. The lowest BCUT2D eigenvalue weighted by Gasteiger charge is -2.25. The molecule has 0 aliphatic heterocycles. The first-order valence-electron chi connectivity index (χ1n) is 24.8. The van der Waals surface area contributed by atoms with E-state index in [0.29, 0.717) is 17.4 Å². The molecule has 0 aliphatic rings. The zero-order valence-corrected chi connectivity index (χ0v) is 40.7. The van der Waals surface area contributed by atoms with Gasteiger partial charge in [-0.3, -0.25) is 9.59 Å². The van der Waals surface area contributed by atoms with E-state index < -0.39 is 24.3 Å². The molecule has 360 valence electrons. The third-order valence-corrected chi connectivity index (χ3v) is 10.1. The van der Waals surface area contributed by atoms with Crippen LogP contribution in [0.1, 0.15) is 181 Å². The molecule has 0 aromatic rings. The van der Waals surface area contributed by atoms with Gasteiger partial charge in [-0.1, -0.05) is 176 Å². The number of allylic oxidation sites excluding steroid dienone is 14. The molecule has 9 nitrogen and oxygen atoms in total. The van der Waals surface area contributed by atoms with Crippen molar-refractivity contribution < 1.29 is 42.9 Å². The van der Waals surface area contributed by atoms with E-state index in [1.54, 1.807) is 0 Å². The number of carboxylic acid groups (broad SMARTS) is 1. The zero-order valence-electron chi connectivity index (χ0n) is 40.7. The van der Waals surface area contributed by atoms with Gasteiger partial charge in [0.2, 0.25) is 0 Å². The van der Waals surface area contributed by atoms with Gasteiger partial charge in [0.15, 0.2) is 6.10 Å². The Morgan fingerprint density at radius 1 is 0.492 bits per heavy atom. The number of rotatable bonds is 44. The van der Waals surface area contributed by atoms with Gasteiger partial charge in [0.1, 0.15) is 13.2 Å². The predicted octanol–water partition coefficient (Wildman–Crippen LogP) is 13.7. The van der Waals surface area contributed by atoms with Gasteiger partial charge in [-0.25, -0.2) is 4.79 Å². The van der Waals surface area contributed by atoms with Crippen LogP contribution in [0.3, 0.4) is 0 Å². The van der Waals surface area contributed by atoms with Gasteiger partial charge in [0.25, 0.3) is 6.29 Å². The number of unbranched alkanes of at least 4 members (excludes halogenated alkanes) is 15. The molecule has 0 rings (SSSR count). The summed E-state index contributed by atoms with van der Waals surface area (Å²) >= 11 is 0. The van der Waals surface area contributed by atoms with Crippen molar-refractivity contribution in [3.63, 3.8) is 0 Å². The first-order chi connectivity index (χ1) is 30.6. The Labute approximate surface area is 385 Å². The Kier molecular flexibility index (Phi) is 42.5. The van der Waals surface area contributed by atoms with Gasteiger partial charge in [0, 0.05) is 12.8 Å². The number of likely N-dealkylation sites (N-methyl/N-ethyl adjacent to an activating group) is 1. The van der Waals surface area contributed by atoms with E-state index >= 15 is 0 Å². The second kappa shape index (κ2) is 45.1. The smallest absolute Gasteiger partial charge is 0.361 e. The highest BCUT2D eigenvalue weighted by Gasteiger charge is 2.25. The summed E-state index contributed by atoms with van der Waals surface area (Å²) in [5, 5.41) is 9.66. The maximum Gasteiger partial charge on any atom is 0.361 e. The van der Waals surface area contributed by atoms with E-state index in [0.717, 1.165) is 57.8 Å². The van der Waals surface area contributed by atoms with E-state index in [2.05, 4.69) is 86.8 Å². The molecule has 0 fully saturated rings. The lowest BCUT2D eigenvalue weighted by atomic mass is 10.1. The molecule has 0 saturated carbocycles. The Morgan fingerprint density at radius 3 is 1.41 bits per heavy atom. The Hall–Kier alpha value is -3.53. The third kappa shape index (κ3) is 46.3. The molecule has 0 aromatic carbocycles. The molecule has 0 aliphatic carbocycles. The Balaban J connectivity index is 4.50. The first kappa shape index (κ1) is 59.5. The van der Waals surface area contributed by atoms with E-state index in [1.807, 2.05) is 33.3 Å². The van der Waals surface area contributed by atoms with Gasteiger partial charge < -0.3 is 28.5 Å². The van der Waals surface area contributed by atoms with E-state index in [9.17, 15) is 19.5 Å². The van der Waals surface area contributed by atoms with Gasteiger partial charge in [-0.2, -0.15) is 0 Å². The Morgan fingerprint density at radius 2 is 0.937 bits per heavy atom. The largest absolute Gasteiger partial charge is 0.477 e. The summed E-state index contributed by atoms with van der Waals surface area (Å²) in [6, 6.07) is 0. The summed E-state index contributed by atoms with van der Waals surface area (Å²) in [7, 11) is 5.93.